The van der Waals surface area contributed by atoms with Crippen LogP contribution in [0.1, 0.15) is 0 Å². The van der Waals surface area contributed by atoms with E-state index in [0.717, 1.165) is 44.4 Å². The second-order valence-corrected chi connectivity index (χ2v) is 10.6. The van der Waals surface area contributed by atoms with E-state index in [0.29, 0.717) is 0 Å². The third kappa shape index (κ3) is 4.22. The highest BCUT2D eigenvalue weighted by atomic mass is 16.3. The van der Waals surface area contributed by atoms with Crippen LogP contribution in [-0.2, 0) is 0 Å². The lowest BCUT2D eigenvalue weighted by Gasteiger charge is -2.26. The van der Waals surface area contributed by atoms with Gasteiger partial charge in [0.25, 0.3) is 0 Å². The maximum Gasteiger partial charge on any atom is 0.143 e. The molecule has 0 saturated heterocycles. The molecule has 7 aromatic carbocycles. The number of hydrogen-bond donors (Lipinski definition) is 0. The Labute approximate surface area is 244 Å². The Kier molecular flexibility index (Phi) is 5.82. The molecule has 2 heteroatoms. The van der Waals surface area contributed by atoms with E-state index < -0.39 is 0 Å². The first-order valence-corrected chi connectivity index (χ1v) is 14.3. The average molecular weight is 538 g/mol. The van der Waals surface area contributed by atoms with Gasteiger partial charge in [0, 0.05) is 39.3 Å². The predicted octanol–water partition coefficient (Wildman–Crippen LogP) is 11.5. The molecule has 0 spiro atoms. The van der Waals surface area contributed by atoms with E-state index in [1.165, 1.54) is 27.6 Å². The largest absolute Gasteiger partial charge is 0.455 e. The summed E-state index contributed by atoms with van der Waals surface area (Å²) in [5.74, 6) is 0. The third-order valence-corrected chi connectivity index (χ3v) is 8.05. The molecule has 8 aromatic rings. The molecule has 1 heterocycles. The van der Waals surface area contributed by atoms with Crippen LogP contribution in [0.5, 0.6) is 0 Å². The van der Waals surface area contributed by atoms with Gasteiger partial charge >= 0.3 is 0 Å². The van der Waals surface area contributed by atoms with Crippen molar-refractivity contribution >= 4 is 49.8 Å². The lowest BCUT2D eigenvalue weighted by Crippen LogP contribution is -2.10. The smallest absolute Gasteiger partial charge is 0.143 e. The van der Waals surface area contributed by atoms with E-state index in [1.807, 2.05) is 0 Å². The molecular weight excluding hydrogens is 510 g/mol. The lowest BCUT2D eigenvalue weighted by atomic mass is 10.0. The van der Waals surface area contributed by atoms with E-state index in [4.69, 9.17) is 4.42 Å². The van der Waals surface area contributed by atoms with Gasteiger partial charge in [0.05, 0.1) is 0 Å². The van der Waals surface area contributed by atoms with E-state index in [-0.39, 0.29) is 0 Å². The molecule has 0 aliphatic carbocycles. The van der Waals surface area contributed by atoms with Gasteiger partial charge in [-0.2, -0.15) is 0 Å². The summed E-state index contributed by atoms with van der Waals surface area (Å²) >= 11 is 0. The van der Waals surface area contributed by atoms with Crippen molar-refractivity contribution in [2.75, 3.05) is 4.90 Å². The van der Waals surface area contributed by atoms with Crippen LogP contribution in [0, 0.1) is 0 Å². The van der Waals surface area contributed by atoms with Crippen LogP contribution in [0.4, 0.5) is 17.1 Å². The van der Waals surface area contributed by atoms with Gasteiger partial charge in [-0.05, 0) is 70.1 Å². The summed E-state index contributed by atoms with van der Waals surface area (Å²) in [6, 6.07) is 57.9. The highest BCUT2D eigenvalue weighted by Gasteiger charge is 2.17. The first-order chi connectivity index (χ1) is 20.8. The molecule has 0 aliphatic rings. The minimum absolute atomic E-state index is 0.879. The highest BCUT2D eigenvalue weighted by Crippen LogP contribution is 2.41. The van der Waals surface area contributed by atoms with Crippen LogP contribution in [0.25, 0.3) is 55.0 Å². The Hall–Kier alpha value is -5.60. The number of benzene rings is 7. The van der Waals surface area contributed by atoms with Crippen LogP contribution < -0.4 is 4.90 Å². The molecule has 0 amide bonds. The second-order valence-electron chi connectivity index (χ2n) is 10.6. The summed E-state index contributed by atoms with van der Waals surface area (Å²) in [4.78, 5) is 2.31. The van der Waals surface area contributed by atoms with Crippen molar-refractivity contribution in [1.29, 1.82) is 0 Å². The van der Waals surface area contributed by atoms with Gasteiger partial charge in [-0.1, -0.05) is 115 Å². The summed E-state index contributed by atoms with van der Waals surface area (Å²) in [5.41, 5.74) is 9.80. The van der Waals surface area contributed by atoms with Gasteiger partial charge in [0.1, 0.15) is 11.2 Å². The molecule has 0 unspecified atom stereocenters. The molecule has 0 saturated carbocycles. The van der Waals surface area contributed by atoms with Crippen molar-refractivity contribution in [3.05, 3.63) is 164 Å². The van der Waals surface area contributed by atoms with E-state index in [9.17, 15) is 0 Å². The van der Waals surface area contributed by atoms with Gasteiger partial charge in [0.2, 0.25) is 0 Å². The van der Waals surface area contributed by atoms with E-state index in [1.54, 1.807) is 0 Å². The average Bonchev–Trinajstić information content (AvgIpc) is 3.45. The van der Waals surface area contributed by atoms with Crippen molar-refractivity contribution in [2.24, 2.45) is 0 Å². The second kappa shape index (κ2) is 10.1. The molecule has 0 radical (unpaired) electrons. The zero-order chi connectivity index (χ0) is 27.9. The molecule has 0 fully saturated rings. The minimum Gasteiger partial charge on any atom is -0.455 e. The predicted molar refractivity (Wildman–Crippen MR) is 177 cm³/mol. The Bertz CT molecular complexity index is 2180. The zero-order valence-corrected chi connectivity index (χ0v) is 22.9. The first-order valence-electron chi connectivity index (χ1n) is 14.3. The molecule has 0 aliphatic heterocycles. The van der Waals surface area contributed by atoms with Crippen molar-refractivity contribution in [1.82, 2.24) is 0 Å². The zero-order valence-electron chi connectivity index (χ0n) is 22.9. The number of rotatable bonds is 5. The molecule has 1 aromatic heterocycles. The number of nitrogens with zero attached hydrogens (tertiary/aromatic N) is 1. The standard InChI is InChI=1S/C40H27NO/c1-3-10-28(11-4-1)30-18-21-33(22-19-30)41(34-16-9-15-32(26-34)29-12-5-2-6-13-29)35-23-25-37-38-24-20-31-14-7-8-17-36(31)40(38)42-39(37)27-35/h1-27H. The Morgan fingerprint density at radius 1 is 0.357 bits per heavy atom. The van der Waals surface area contributed by atoms with Crippen LogP contribution in [-0.4, -0.2) is 0 Å². The molecule has 0 atom stereocenters. The fourth-order valence-corrected chi connectivity index (χ4v) is 5.97. The minimum atomic E-state index is 0.879. The van der Waals surface area contributed by atoms with Gasteiger partial charge in [0.15, 0.2) is 0 Å². The monoisotopic (exact) mass is 537 g/mol. The number of furan rings is 1. The van der Waals surface area contributed by atoms with Gasteiger partial charge < -0.3 is 9.32 Å². The molecule has 42 heavy (non-hydrogen) atoms. The van der Waals surface area contributed by atoms with Crippen LogP contribution in [0.3, 0.4) is 0 Å². The highest BCUT2D eigenvalue weighted by molar-refractivity contribution is 6.15. The van der Waals surface area contributed by atoms with Crippen molar-refractivity contribution in [3.63, 3.8) is 0 Å². The van der Waals surface area contributed by atoms with Gasteiger partial charge in [-0.25, -0.2) is 0 Å². The van der Waals surface area contributed by atoms with Crippen molar-refractivity contribution in [3.8, 4) is 22.3 Å². The summed E-state index contributed by atoms with van der Waals surface area (Å²) in [6.07, 6.45) is 0. The van der Waals surface area contributed by atoms with Crippen LogP contribution in [0.15, 0.2) is 168 Å². The first kappa shape index (κ1) is 24.2. The fraction of sp³-hybridized carbons (Fsp3) is 0. The Morgan fingerprint density at radius 3 is 1.74 bits per heavy atom. The van der Waals surface area contributed by atoms with E-state index >= 15 is 0 Å². The number of anilines is 3. The SMILES string of the molecule is c1ccc(-c2ccc(N(c3cccc(-c4ccccc4)c3)c3ccc4c(c3)oc3c5ccccc5ccc43)cc2)cc1. The van der Waals surface area contributed by atoms with Gasteiger partial charge in [-0.15, -0.1) is 0 Å². The maximum absolute atomic E-state index is 6.57. The normalized spacial score (nSPS) is 11.3. The Morgan fingerprint density at radius 2 is 0.952 bits per heavy atom. The maximum atomic E-state index is 6.57. The molecule has 8 rings (SSSR count). The molecule has 2 nitrogen and oxygen atoms in total. The van der Waals surface area contributed by atoms with Crippen molar-refractivity contribution in [2.45, 2.75) is 0 Å². The molecule has 0 bridgehead atoms. The molecular formula is C40H27NO. The summed E-state index contributed by atoms with van der Waals surface area (Å²) < 4.78 is 6.57. The summed E-state index contributed by atoms with van der Waals surface area (Å²) in [6.45, 7) is 0. The fourth-order valence-electron chi connectivity index (χ4n) is 5.97. The van der Waals surface area contributed by atoms with E-state index in [2.05, 4.69) is 169 Å². The molecule has 198 valence electrons. The van der Waals surface area contributed by atoms with Crippen LogP contribution >= 0.6 is 0 Å². The summed E-state index contributed by atoms with van der Waals surface area (Å²) in [7, 11) is 0. The Balaban J connectivity index is 1.29. The number of fused-ring (bicyclic) bond motifs is 5. The lowest BCUT2D eigenvalue weighted by molar-refractivity contribution is 0.672. The van der Waals surface area contributed by atoms with Crippen LogP contribution in [0.2, 0.25) is 0 Å². The number of hydrogen-bond acceptors (Lipinski definition) is 2. The molecule has 0 N–H and O–H groups in total. The quantitative estimate of drug-likeness (QED) is 0.217. The van der Waals surface area contributed by atoms with Gasteiger partial charge in [-0.3, -0.25) is 0 Å². The van der Waals surface area contributed by atoms with Crippen molar-refractivity contribution < 1.29 is 4.42 Å². The summed E-state index contributed by atoms with van der Waals surface area (Å²) in [5, 5.41) is 4.58. The third-order valence-electron chi connectivity index (χ3n) is 8.05. The topological polar surface area (TPSA) is 16.4 Å².